The molecular formula is C66H128O12. The first-order valence-corrected chi connectivity index (χ1v) is 33.4. The molecule has 0 fully saturated rings. The standard InChI is InChI=1S/C66H128O12/c1-4-7-10-25-40-60(70)49-46-57(37-31-52-67)34-22-16-13-19-28-43-64(73)76-55-63(78-66(75)45-30-21-15-18-24-36-59(39-33-54-69)48-51-62(72)42-27-12-9-6-3)56-77-65(74)44-29-20-14-17-23-35-58(38-32-53-68)47-50-61(71)41-26-11-8-5-2/h57-63,67-72H,4-56H2,1-3H3. The second-order valence-electron chi connectivity index (χ2n) is 23.8. The molecule has 0 aliphatic rings. The molecular weight excluding hydrogens is 985 g/mol. The maximum atomic E-state index is 13.1. The highest BCUT2D eigenvalue weighted by molar-refractivity contribution is 5.71. The van der Waals surface area contributed by atoms with E-state index in [2.05, 4.69) is 20.8 Å². The van der Waals surface area contributed by atoms with Gasteiger partial charge >= 0.3 is 17.9 Å². The van der Waals surface area contributed by atoms with E-state index in [4.69, 9.17) is 14.2 Å². The lowest BCUT2D eigenvalue weighted by Gasteiger charge is -2.19. The number of ether oxygens (including phenoxy) is 3. The van der Waals surface area contributed by atoms with Gasteiger partial charge in [-0.25, -0.2) is 0 Å². The number of unbranched alkanes of at least 4 members (excludes halogenated alkanes) is 21. The normalized spacial score (nSPS) is 14.4. The van der Waals surface area contributed by atoms with E-state index in [1.54, 1.807) is 0 Å². The first kappa shape index (κ1) is 76.2. The summed E-state index contributed by atoms with van der Waals surface area (Å²) in [5, 5.41) is 59.8. The molecule has 12 heteroatoms. The van der Waals surface area contributed by atoms with Crippen molar-refractivity contribution < 1.29 is 59.2 Å². The maximum absolute atomic E-state index is 13.1. The summed E-state index contributed by atoms with van der Waals surface area (Å²) >= 11 is 0. The van der Waals surface area contributed by atoms with Crippen LogP contribution in [0, 0.1) is 17.8 Å². The van der Waals surface area contributed by atoms with Gasteiger partial charge in [0.2, 0.25) is 0 Å². The average molecular weight is 1110 g/mol. The van der Waals surface area contributed by atoms with Gasteiger partial charge in [-0.1, -0.05) is 194 Å². The predicted molar refractivity (Wildman–Crippen MR) is 320 cm³/mol. The second-order valence-corrected chi connectivity index (χ2v) is 23.8. The first-order valence-electron chi connectivity index (χ1n) is 33.4. The van der Waals surface area contributed by atoms with Crippen molar-refractivity contribution >= 4 is 17.9 Å². The SMILES string of the molecule is CCCCCCC(O)CCC(CCCO)CCCCCCCC(=O)OCC(COC(=O)CCCCCCCC(CCCO)CCC(O)CCCCCC)OC(=O)CCCCCCCC(CCCO)CCC(O)CCCCCC. The molecule has 78 heavy (non-hydrogen) atoms. The lowest BCUT2D eigenvalue weighted by atomic mass is 9.90. The van der Waals surface area contributed by atoms with Crippen LogP contribution >= 0.6 is 0 Å². The Hall–Kier alpha value is -1.83. The van der Waals surface area contributed by atoms with Crippen molar-refractivity contribution in [1.29, 1.82) is 0 Å². The van der Waals surface area contributed by atoms with Gasteiger partial charge in [0.15, 0.2) is 6.10 Å². The molecule has 6 unspecified atom stereocenters. The average Bonchev–Trinajstić information content (AvgIpc) is 3.43. The smallest absolute Gasteiger partial charge is 0.306 e. The van der Waals surface area contributed by atoms with Crippen molar-refractivity contribution in [2.45, 2.75) is 353 Å². The Bertz CT molecular complexity index is 1220. The van der Waals surface area contributed by atoms with Crippen LogP contribution in [0.25, 0.3) is 0 Å². The van der Waals surface area contributed by atoms with Crippen molar-refractivity contribution in [1.82, 2.24) is 0 Å². The molecule has 0 aromatic heterocycles. The summed E-state index contributed by atoms with van der Waals surface area (Å²) in [6, 6.07) is 0. The number of aliphatic hydroxyl groups excluding tert-OH is 6. The molecule has 0 aliphatic heterocycles. The molecule has 6 N–H and O–H groups in total. The van der Waals surface area contributed by atoms with E-state index in [-0.39, 0.29) is 82.5 Å². The highest BCUT2D eigenvalue weighted by Gasteiger charge is 2.21. The summed E-state index contributed by atoms with van der Waals surface area (Å²) in [4.78, 5) is 38.9. The second kappa shape index (κ2) is 58.4. The molecule has 0 aromatic rings. The van der Waals surface area contributed by atoms with E-state index in [0.717, 1.165) is 212 Å². The molecule has 0 aromatic carbocycles. The summed E-state index contributed by atoms with van der Waals surface area (Å²) in [6.07, 6.45) is 44.3. The Labute approximate surface area is 479 Å². The zero-order chi connectivity index (χ0) is 57.4. The monoisotopic (exact) mass is 1110 g/mol. The Balaban J connectivity index is 4.98. The van der Waals surface area contributed by atoms with Gasteiger partial charge in [-0.3, -0.25) is 14.4 Å². The molecule has 0 heterocycles. The minimum absolute atomic E-state index is 0.162. The fourth-order valence-electron chi connectivity index (χ4n) is 11.2. The lowest BCUT2D eigenvalue weighted by molar-refractivity contribution is -0.167. The van der Waals surface area contributed by atoms with Crippen molar-refractivity contribution in [2.24, 2.45) is 17.8 Å². The van der Waals surface area contributed by atoms with Gasteiger partial charge in [-0.15, -0.1) is 0 Å². The molecule has 12 nitrogen and oxygen atoms in total. The number of hydrogen-bond donors (Lipinski definition) is 6. The first-order chi connectivity index (χ1) is 38.0. The van der Waals surface area contributed by atoms with E-state index in [0.29, 0.717) is 37.0 Å². The Morgan fingerprint density at radius 2 is 0.551 bits per heavy atom. The molecule has 0 radical (unpaired) electrons. The Morgan fingerprint density at radius 1 is 0.295 bits per heavy atom. The Morgan fingerprint density at radius 3 is 0.859 bits per heavy atom. The van der Waals surface area contributed by atoms with Crippen LogP contribution in [0.4, 0.5) is 0 Å². The van der Waals surface area contributed by atoms with E-state index in [1.165, 1.54) is 57.8 Å². The fraction of sp³-hybridized carbons (Fsp3) is 0.955. The minimum atomic E-state index is -0.877. The van der Waals surface area contributed by atoms with Crippen molar-refractivity contribution in [3.8, 4) is 0 Å². The quantitative estimate of drug-likeness (QED) is 0.0192. The zero-order valence-corrected chi connectivity index (χ0v) is 51.2. The summed E-state index contributed by atoms with van der Waals surface area (Å²) in [5.41, 5.74) is 0. The topological polar surface area (TPSA) is 200 Å². The molecule has 0 saturated heterocycles. The van der Waals surface area contributed by atoms with Crippen LogP contribution in [0.2, 0.25) is 0 Å². The van der Waals surface area contributed by atoms with Crippen LogP contribution in [-0.2, 0) is 28.6 Å². The fourth-order valence-corrected chi connectivity index (χ4v) is 11.2. The van der Waals surface area contributed by atoms with E-state index >= 15 is 0 Å². The molecule has 0 amide bonds. The van der Waals surface area contributed by atoms with Gasteiger partial charge in [0.25, 0.3) is 0 Å². The van der Waals surface area contributed by atoms with Crippen LogP contribution in [0.15, 0.2) is 0 Å². The zero-order valence-electron chi connectivity index (χ0n) is 51.2. The molecule has 464 valence electrons. The summed E-state index contributed by atoms with van der Waals surface area (Å²) in [6.45, 7) is 6.88. The minimum Gasteiger partial charge on any atom is -0.462 e. The summed E-state index contributed by atoms with van der Waals surface area (Å²) < 4.78 is 17.0. The molecule has 0 spiro atoms. The van der Waals surface area contributed by atoms with Crippen molar-refractivity contribution in [2.75, 3.05) is 33.0 Å². The van der Waals surface area contributed by atoms with Crippen molar-refractivity contribution in [3.05, 3.63) is 0 Å². The van der Waals surface area contributed by atoms with Gasteiger partial charge in [0, 0.05) is 39.1 Å². The molecule has 0 bridgehead atoms. The van der Waals surface area contributed by atoms with Gasteiger partial charge < -0.3 is 44.8 Å². The molecule has 0 rings (SSSR count). The molecule has 0 aliphatic carbocycles. The third-order valence-corrected chi connectivity index (χ3v) is 16.3. The van der Waals surface area contributed by atoms with Gasteiger partial charge in [-0.2, -0.15) is 0 Å². The third kappa shape index (κ3) is 52.3. The number of carbonyl (C=O) groups is 3. The summed E-state index contributed by atoms with van der Waals surface area (Å²) in [5.74, 6) is 0.443. The van der Waals surface area contributed by atoms with Crippen molar-refractivity contribution in [3.63, 3.8) is 0 Å². The van der Waals surface area contributed by atoms with E-state index < -0.39 is 12.1 Å². The van der Waals surface area contributed by atoms with Crippen LogP contribution in [0.3, 0.4) is 0 Å². The van der Waals surface area contributed by atoms with Gasteiger partial charge in [0.1, 0.15) is 13.2 Å². The predicted octanol–water partition coefficient (Wildman–Crippen LogP) is 15.7. The summed E-state index contributed by atoms with van der Waals surface area (Å²) in [7, 11) is 0. The van der Waals surface area contributed by atoms with E-state index in [9.17, 15) is 45.0 Å². The number of rotatable bonds is 62. The molecule has 6 atom stereocenters. The van der Waals surface area contributed by atoms with E-state index in [1.807, 2.05) is 0 Å². The third-order valence-electron chi connectivity index (χ3n) is 16.3. The highest BCUT2D eigenvalue weighted by Crippen LogP contribution is 2.27. The highest BCUT2D eigenvalue weighted by atomic mass is 16.6. The largest absolute Gasteiger partial charge is 0.462 e. The van der Waals surface area contributed by atoms with Crippen LogP contribution in [-0.4, -0.2) is 106 Å². The van der Waals surface area contributed by atoms with Gasteiger partial charge in [-0.05, 0) is 133 Å². The number of aliphatic hydroxyl groups is 6. The number of hydrogen-bond acceptors (Lipinski definition) is 12. The number of carbonyl (C=O) groups excluding carboxylic acids is 3. The van der Waals surface area contributed by atoms with Crippen LogP contribution in [0.1, 0.15) is 329 Å². The van der Waals surface area contributed by atoms with Crippen LogP contribution < -0.4 is 0 Å². The molecule has 0 saturated carbocycles. The number of esters is 3. The maximum Gasteiger partial charge on any atom is 0.306 e. The Kier molecular flexibility index (Phi) is 57.0. The van der Waals surface area contributed by atoms with Gasteiger partial charge in [0.05, 0.1) is 18.3 Å². The lowest BCUT2D eigenvalue weighted by Crippen LogP contribution is -2.30. The van der Waals surface area contributed by atoms with Crippen LogP contribution in [0.5, 0.6) is 0 Å².